The van der Waals surface area contributed by atoms with E-state index in [0.717, 1.165) is 22.8 Å². The standard InChI is InChI=1S/C10H14ClNO2/c1-8-7-9(11)3-4-10(8)13-5-2-6-14-12/h3-4,7H,2,5-6,12H2,1H3. The molecule has 0 radical (unpaired) electrons. The molecule has 0 spiro atoms. The fourth-order valence-electron chi connectivity index (χ4n) is 1.10. The summed E-state index contributed by atoms with van der Waals surface area (Å²) < 4.78 is 5.50. The number of ether oxygens (including phenoxy) is 1. The molecule has 1 rings (SSSR count). The maximum absolute atomic E-state index is 5.81. The summed E-state index contributed by atoms with van der Waals surface area (Å²) in [6, 6.07) is 5.54. The minimum Gasteiger partial charge on any atom is -0.493 e. The molecule has 0 aliphatic rings. The van der Waals surface area contributed by atoms with Gasteiger partial charge in [0.2, 0.25) is 0 Å². The van der Waals surface area contributed by atoms with Crippen molar-refractivity contribution in [1.82, 2.24) is 0 Å². The molecule has 0 saturated heterocycles. The number of hydrogen-bond acceptors (Lipinski definition) is 3. The Kier molecular flexibility index (Phi) is 4.73. The van der Waals surface area contributed by atoms with Crippen LogP contribution in [0.5, 0.6) is 5.75 Å². The summed E-state index contributed by atoms with van der Waals surface area (Å²) in [6.07, 6.45) is 0.776. The molecule has 4 heteroatoms. The Morgan fingerprint density at radius 3 is 2.79 bits per heavy atom. The van der Waals surface area contributed by atoms with Gasteiger partial charge >= 0.3 is 0 Å². The van der Waals surface area contributed by atoms with Crippen molar-refractivity contribution < 1.29 is 9.57 Å². The maximum Gasteiger partial charge on any atom is 0.122 e. The van der Waals surface area contributed by atoms with Gasteiger partial charge in [0, 0.05) is 11.4 Å². The minimum absolute atomic E-state index is 0.507. The highest BCUT2D eigenvalue weighted by atomic mass is 35.5. The summed E-state index contributed by atoms with van der Waals surface area (Å²) >= 11 is 5.81. The summed E-state index contributed by atoms with van der Waals surface area (Å²) in [7, 11) is 0. The van der Waals surface area contributed by atoms with E-state index in [-0.39, 0.29) is 0 Å². The van der Waals surface area contributed by atoms with Crippen LogP contribution in [0.1, 0.15) is 12.0 Å². The highest BCUT2D eigenvalue weighted by Crippen LogP contribution is 2.21. The zero-order chi connectivity index (χ0) is 10.4. The first-order chi connectivity index (χ1) is 6.74. The molecule has 2 N–H and O–H groups in total. The second kappa shape index (κ2) is 5.86. The van der Waals surface area contributed by atoms with Gasteiger partial charge in [0.1, 0.15) is 5.75 Å². The fourth-order valence-corrected chi connectivity index (χ4v) is 1.33. The van der Waals surface area contributed by atoms with E-state index in [0.29, 0.717) is 13.2 Å². The van der Waals surface area contributed by atoms with Crippen molar-refractivity contribution in [2.24, 2.45) is 5.90 Å². The van der Waals surface area contributed by atoms with Crippen LogP contribution in [-0.4, -0.2) is 13.2 Å². The lowest BCUT2D eigenvalue weighted by molar-refractivity contribution is 0.122. The van der Waals surface area contributed by atoms with Gasteiger partial charge in [0.25, 0.3) is 0 Å². The largest absolute Gasteiger partial charge is 0.493 e. The van der Waals surface area contributed by atoms with Crippen molar-refractivity contribution in [3.8, 4) is 5.75 Å². The van der Waals surface area contributed by atoms with E-state index in [1.807, 2.05) is 25.1 Å². The van der Waals surface area contributed by atoms with Crippen molar-refractivity contribution in [3.63, 3.8) is 0 Å². The van der Waals surface area contributed by atoms with Crippen molar-refractivity contribution in [3.05, 3.63) is 28.8 Å². The number of halogens is 1. The highest BCUT2D eigenvalue weighted by Gasteiger charge is 1.99. The first-order valence-corrected chi connectivity index (χ1v) is 4.82. The molecule has 3 nitrogen and oxygen atoms in total. The van der Waals surface area contributed by atoms with Crippen LogP contribution >= 0.6 is 11.6 Å². The van der Waals surface area contributed by atoms with Crippen LogP contribution in [0.2, 0.25) is 5.02 Å². The second-order valence-electron chi connectivity index (χ2n) is 2.98. The topological polar surface area (TPSA) is 44.5 Å². The Hall–Kier alpha value is -0.770. The van der Waals surface area contributed by atoms with Crippen LogP contribution in [0, 0.1) is 6.92 Å². The predicted molar refractivity (Wildman–Crippen MR) is 56.4 cm³/mol. The summed E-state index contributed by atoms with van der Waals surface area (Å²) in [4.78, 5) is 4.43. The lowest BCUT2D eigenvalue weighted by Crippen LogP contribution is -2.06. The van der Waals surface area contributed by atoms with Crippen LogP contribution in [0.25, 0.3) is 0 Å². The molecule has 14 heavy (non-hydrogen) atoms. The zero-order valence-corrected chi connectivity index (χ0v) is 8.88. The lowest BCUT2D eigenvalue weighted by Gasteiger charge is -2.08. The van der Waals surface area contributed by atoms with E-state index in [1.165, 1.54) is 0 Å². The van der Waals surface area contributed by atoms with E-state index in [9.17, 15) is 0 Å². The maximum atomic E-state index is 5.81. The van der Waals surface area contributed by atoms with E-state index in [2.05, 4.69) is 4.84 Å². The Balaban J connectivity index is 2.42. The number of aryl methyl sites for hydroxylation is 1. The molecule has 0 aliphatic heterocycles. The predicted octanol–water partition coefficient (Wildman–Crippen LogP) is 2.31. The highest BCUT2D eigenvalue weighted by molar-refractivity contribution is 6.30. The lowest BCUT2D eigenvalue weighted by atomic mass is 10.2. The van der Waals surface area contributed by atoms with Crippen LogP contribution in [-0.2, 0) is 4.84 Å². The summed E-state index contributed by atoms with van der Waals surface area (Å²) in [5, 5.41) is 0.722. The van der Waals surface area contributed by atoms with Gasteiger partial charge in [0.15, 0.2) is 0 Å². The van der Waals surface area contributed by atoms with Gasteiger partial charge in [-0.05, 0) is 30.7 Å². The Morgan fingerprint density at radius 1 is 1.36 bits per heavy atom. The Labute approximate surface area is 88.7 Å². The molecule has 0 saturated carbocycles. The SMILES string of the molecule is Cc1cc(Cl)ccc1OCCCON. The molecule has 1 aromatic carbocycles. The quantitative estimate of drug-likeness (QED) is 0.606. The average molecular weight is 216 g/mol. The molecule has 0 fully saturated rings. The first-order valence-electron chi connectivity index (χ1n) is 4.44. The molecular weight excluding hydrogens is 202 g/mol. The number of rotatable bonds is 5. The monoisotopic (exact) mass is 215 g/mol. The first kappa shape index (κ1) is 11.3. The van der Waals surface area contributed by atoms with Crippen molar-refractivity contribution in [2.45, 2.75) is 13.3 Å². The van der Waals surface area contributed by atoms with Gasteiger partial charge in [-0.1, -0.05) is 11.6 Å². The van der Waals surface area contributed by atoms with Crippen LogP contribution in [0.3, 0.4) is 0 Å². The van der Waals surface area contributed by atoms with E-state index < -0.39 is 0 Å². The van der Waals surface area contributed by atoms with E-state index in [4.69, 9.17) is 22.2 Å². The Morgan fingerprint density at radius 2 is 2.14 bits per heavy atom. The van der Waals surface area contributed by atoms with Gasteiger partial charge in [-0.15, -0.1) is 0 Å². The van der Waals surface area contributed by atoms with Gasteiger partial charge in [0.05, 0.1) is 13.2 Å². The third-order valence-electron chi connectivity index (χ3n) is 1.80. The average Bonchev–Trinajstić information content (AvgIpc) is 2.15. The van der Waals surface area contributed by atoms with Crippen molar-refractivity contribution >= 4 is 11.6 Å². The molecule has 0 atom stereocenters. The molecule has 78 valence electrons. The van der Waals surface area contributed by atoms with Crippen LogP contribution < -0.4 is 10.6 Å². The van der Waals surface area contributed by atoms with Gasteiger partial charge in [-0.3, -0.25) is 0 Å². The molecular formula is C10H14ClNO2. The smallest absolute Gasteiger partial charge is 0.122 e. The molecule has 0 unspecified atom stereocenters. The molecule has 0 aliphatic carbocycles. The normalized spacial score (nSPS) is 10.2. The van der Waals surface area contributed by atoms with Gasteiger partial charge in [-0.2, -0.15) is 0 Å². The number of nitrogens with two attached hydrogens (primary N) is 1. The third-order valence-corrected chi connectivity index (χ3v) is 2.04. The summed E-state index contributed by atoms with van der Waals surface area (Å²) in [5.41, 5.74) is 1.03. The second-order valence-corrected chi connectivity index (χ2v) is 3.42. The van der Waals surface area contributed by atoms with Crippen molar-refractivity contribution in [2.75, 3.05) is 13.2 Å². The molecule has 0 heterocycles. The molecule has 0 bridgehead atoms. The minimum atomic E-state index is 0.507. The van der Waals surface area contributed by atoms with Crippen LogP contribution in [0.4, 0.5) is 0 Å². The van der Waals surface area contributed by atoms with Crippen molar-refractivity contribution in [1.29, 1.82) is 0 Å². The third kappa shape index (κ3) is 3.54. The van der Waals surface area contributed by atoms with E-state index in [1.54, 1.807) is 0 Å². The molecule has 0 aromatic heterocycles. The number of benzene rings is 1. The van der Waals surface area contributed by atoms with Gasteiger partial charge < -0.3 is 9.57 Å². The zero-order valence-electron chi connectivity index (χ0n) is 8.13. The molecule has 0 amide bonds. The summed E-state index contributed by atoms with van der Waals surface area (Å²) in [6.45, 7) is 3.06. The van der Waals surface area contributed by atoms with Gasteiger partial charge in [-0.25, -0.2) is 5.90 Å². The summed E-state index contributed by atoms with van der Waals surface area (Å²) in [5.74, 6) is 5.74. The molecule has 1 aromatic rings. The van der Waals surface area contributed by atoms with Crippen LogP contribution in [0.15, 0.2) is 18.2 Å². The number of hydrogen-bond donors (Lipinski definition) is 1. The fraction of sp³-hybridized carbons (Fsp3) is 0.400. The van der Waals surface area contributed by atoms with E-state index >= 15 is 0 Å². The Bertz CT molecular complexity index is 291.